The van der Waals surface area contributed by atoms with E-state index in [0.717, 1.165) is 48.1 Å². The number of aliphatic hydroxyl groups excluding tert-OH is 1. The van der Waals surface area contributed by atoms with Gasteiger partial charge in [0.2, 0.25) is 5.95 Å². The molecule has 2 heterocycles. The summed E-state index contributed by atoms with van der Waals surface area (Å²) < 4.78 is 0. The molecule has 0 saturated heterocycles. The number of nitrogens with one attached hydrogen (secondary N) is 1. The molecule has 1 saturated carbocycles. The van der Waals surface area contributed by atoms with E-state index in [2.05, 4.69) is 28.3 Å². The zero-order valence-electron chi connectivity index (χ0n) is 12.4. The smallest absolute Gasteiger partial charge is 0.223 e. The fraction of sp³-hybridized carbons (Fsp3) is 0.600. The Bertz CT molecular complexity index is 634. The molecule has 0 aliphatic heterocycles. The molecule has 2 aromatic rings. The summed E-state index contributed by atoms with van der Waals surface area (Å²) in [5.74, 6) is 1.06. The maximum Gasteiger partial charge on any atom is 0.223 e. The zero-order chi connectivity index (χ0) is 14.9. The Labute approximate surface area is 128 Å². The molecule has 1 fully saturated rings. The van der Waals surface area contributed by atoms with Crippen molar-refractivity contribution in [3.05, 3.63) is 10.9 Å². The van der Waals surface area contributed by atoms with Crippen LogP contribution in [0.4, 0.5) is 11.8 Å². The van der Waals surface area contributed by atoms with Crippen molar-refractivity contribution in [2.24, 2.45) is 0 Å². The van der Waals surface area contributed by atoms with Crippen molar-refractivity contribution < 1.29 is 5.11 Å². The van der Waals surface area contributed by atoms with Crippen LogP contribution in [0.25, 0.3) is 10.2 Å². The predicted octanol–water partition coefficient (Wildman–Crippen LogP) is 2.94. The second-order valence-corrected chi connectivity index (χ2v) is 6.95. The lowest BCUT2D eigenvalue weighted by Gasteiger charge is -2.37. The standard InChI is InChI=1S/C15H22N4OS/c1-2-10-8-11-12(17-14(16)18-13(11)21-10)19-15(9-20)6-4-3-5-7-15/h8,20H,2-7,9H2,1H3,(H3,16,17,18,19). The molecule has 0 aromatic carbocycles. The van der Waals surface area contributed by atoms with E-state index in [9.17, 15) is 5.11 Å². The lowest BCUT2D eigenvalue weighted by Crippen LogP contribution is -2.44. The average molecular weight is 306 g/mol. The van der Waals surface area contributed by atoms with E-state index in [1.54, 1.807) is 11.3 Å². The molecular weight excluding hydrogens is 284 g/mol. The van der Waals surface area contributed by atoms with Crippen LogP contribution >= 0.6 is 11.3 Å². The number of thiophene rings is 1. The van der Waals surface area contributed by atoms with Crippen LogP contribution in [0.2, 0.25) is 0 Å². The van der Waals surface area contributed by atoms with Crippen molar-refractivity contribution in [2.75, 3.05) is 17.7 Å². The number of nitrogens with zero attached hydrogens (tertiary/aromatic N) is 2. The third kappa shape index (κ3) is 2.82. The Balaban J connectivity index is 2.00. The number of hydrogen-bond donors (Lipinski definition) is 3. The quantitative estimate of drug-likeness (QED) is 0.809. The molecule has 0 radical (unpaired) electrons. The van der Waals surface area contributed by atoms with E-state index >= 15 is 0 Å². The van der Waals surface area contributed by atoms with E-state index in [0.29, 0.717) is 5.95 Å². The first-order chi connectivity index (χ1) is 10.2. The Morgan fingerprint density at radius 1 is 1.33 bits per heavy atom. The number of aliphatic hydroxyl groups is 1. The van der Waals surface area contributed by atoms with Gasteiger partial charge in [-0.2, -0.15) is 4.98 Å². The van der Waals surface area contributed by atoms with Gasteiger partial charge in [-0.25, -0.2) is 4.98 Å². The molecule has 3 rings (SSSR count). The van der Waals surface area contributed by atoms with Crippen molar-refractivity contribution in [1.82, 2.24) is 9.97 Å². The number of rotatable bonds is 4. The van der Waals surface area contributed by atoms with Gasteiger partial charge in [-0.1, -0.05) is 26.2 Å². The second kappa shape index (κ2) is 5.77. The summed E-state index contributed by atoms with van der Waals surface area (Å²) in [5, 5.41) is 14.4. The van der Waals surface area contributed by atoms with Gasteiger partial charge in [-0.3, -0.25) is 0 Å². The number of hydrogen-bond acceptors (Lipinski definition) is 6. The van der Waals surface area contributed by atoms with Crippen LogP contribution in [0.3, 0.4) is 0 Å². The third-order valence-electron chi connectivity index (χ3n) is 4.31. The molecule has 6 heteroatoms. The number of anilines is 2. The molecule has 5 nitrogen and oxygen atoms in total. The first-order valence-electron chi connectivity index (χ1n) is 7.61. The molecule has 1 aliphatic rings. The predicted molar refractivity (Wildman–Crippen MR) is 87.7 cm³/mol. The number of aromatic nitrogens is 2. The summed E-state index contributed by atoms with van der Waals surface area (Å²) in [6.07, 6.45) is 6.44. The number of nitrogen functional groups attached to an aromatic ring is 1. The Hall–Kier alpha value is -1.40. The monoisotopic (exact) mass is 306 g/mol. The fourth-order valence-corrected chi connectivity index (χ4v) is 4.03. The highest BCUT2D eigenvalue weighted by Crippen LogP contribution is 2.35. The highest BCUT2D eigenvalue weighted by Gasteiger charge is 2.32. The molecule has 0 spiro atoms. The molecule has 2 aromatic heterocycles. The van der Waals surface area contributed by atoms with Gasteiger partial charge in [-0.05, 0) is 25.3 Å². The minimum atomic E-state index is -0.264. The van der Waals surface area contributed by atoms with Crippen molar-refractivity contribution in [3.8, 4) is 0 Å². The molecule has 114 valence electrons. The summed E-state index contributed by atoms with van der Waals surface area (Å²) in [5.41, 5.74) is 5.58. The van der Waals surface area contributed by atoms with E-state index in [1.807, 2.05) is 0 Å². The van der Waals surface area contributed by atoms with Gasteiger partial charge >= 0.3 is 0 Å². The Morgan fingerprint density at radius 3 is 2.76 bits per heavy atom. The molecule has 0 atom stereocenters. The third-order valence-corrected chi connectivity index (χ3v) is 5.48. The highest BCUT2D eigenvalue weighted by atomic mass is 32.1. The minimum Gasteiger partial charge on any atom is -0.394 e. The van der Waals surface area contributed by atoms with Gasteiger partial charge < -0.3 is 16.2 Å². The minimum absolute atomic E-state index is 0.128. The van der Waals surface area contributed by atoms with Crippen LogP contribution in [0.1, 0.15) is 43.9 Å². The summed E-state index contributed by atoms with van der Waals surface area (Å²) in [4.78, 5) is 10.9. The normalized spacial score (nSPS) is 18.0. The average Bonchev–Trinajstić information content (AvgIpc) is 2.91. The lowest BCUT2D eigenvalue weighted by molar-refractivity contribution is 0.172. The Morgan fingerprint density at radius 2 is 2.10 bits per heavy atom. The van der Waals surface area contributed by atoms with Crippen molar-refractivity contribution in [1.29, 1.82) is 0 Å². The molecule has 4 N–H and O–H groups in total. The van der Waals surface area contributed by atoms with E-state index in [4.69, 9.17) is 5.73 Å². The van der Waals surface area contributed by atoms with Crippen LogP contribution in [-0.4, -0.2) is 27.2 Å². The van der Waals surface area contributed by atoms with Gasteiger partial charge in [0, 0.05) is 4.88 Å². The van der Waals surface area contributed by atoms with Crippen molar-refractivity contribution >= 4 is 33.3 Å². The van der Waals surface area contributed by atoms with Gasteiger partial charge in [-0.15, -0.1) is 11.3 Å². The van der Waals surface area contributed by atoms with Crippen LogP contribution in [0.15, 0.2) is 6.07 Å². The maximum absolute atomic E-state index is 9.86. The molecule has 21 heavy (non-hydrogen) atoms. The van der Waals surface area contributed by atoms with Gasteiger partial charge in [0.1, 0.15) is 10.6 Å². The number of aryl methyl sites for hydroxylation is 1. The first kappa shape index (κ1) is 14.5. The maximum atomic E-state index is 9.86. The SMILES string of the molecule is CCc1cc2c(NC3(CO)CCCCC3)nc(N)nc2s1. The molecule has 0 amide bonds. The first-order valence-corrected chi connectivity index (χ1v) is 8.42. The van der Waals surface area contributed by atoms with Crippen LogP contribution in [0, 0.1) is 0 Å². The number of fused-ring (bicyclic) bond motifs is 1. The summed E-state index contributed by atoms with van der Waals surface area (Å²) in [7, 11) is 0. The summed E-state index contributed by atoms with van der Waals surface area (Å²) in [6.45, 7) is 2.26. The van der Waals surface area contributed by atoms with Gasteiger partial charge in [0.25, 0.3) is 0 Å². The highest BCUT2D eigenvalue weighted by molar-refractivity contribution is 7.18. The zero-order valence-corrected chi connectivity index (χ0v) is 13.2. The van der Waals surface area contributed by atoms with Crippen LogP contribution < -0.4 is 11.1 Å². The molecular formula is C15H22N4OS. The van der Waals surface area contributed by atoms with Crippen LogP contribution in [-0.2, 0) is 6.42 Å². The van der Waals surface area contributed by atoms with Gasteiger partial charge in [0.15, 0.2) is 0 Å². The molecule has 1 aliphatic carbocycles. The molecule has 0 bridgehead atoms. The molecule has 0 unspecified atom stereocenters. The van der Waals surface area contributed by atoms with Crippen LogP contribution in [0.5, 0.6) is 0 Å². The van der Waals surface area contributed by atoms with Crippen molar-refractivity contribution in [3.63, 3.8) is 0 Å². The second-order valence-electron chi connectivity index (χ2n) is 5.84. The summed E-state index contributed by atoms with van der Waals surface area (Å²) >= 11 is 1.66. The fourth-order valence-electron chi connectivity index (χ4n) is 3.06. The van der Waals surface area contributed by atoms with Crippen molar-refractivity contribution in [2.45, 2.75) is 51.0 Å². The summed E-state index contributed by atoms with van der Waals surface area (Å²) in [6, 6.07) is 2.13. The van der Waals surface area contributed by atoms with E-state index < -0.39 is 0 Å². The van der Waals surface area contributed by atoms with E-state index in [1.165, 1.54) is 11.3 Å². The van der Waals surface area contributed by atoms with Gasteiger partial charge in [0.05, 0.1) is 17.5 Å². The van der Waals surface area contributed by atoms with E-state index in [-0.39, 0.29) is 12.1 Å². The number of nitrogens with two attached hydrogens (primary N) is 1. The Kier molecular flexibility index (Phi) is 3.99. The largest absolute Gasteiger partial charge is 0.394 e. The lowest BCUT2D eigenvalue weighted by atomic mass is 9.82. The topological polar surface area (TPSA) is 84.1 Å².